The molecule has 2 rings (SSSR count). The summed E-state index contributed by atoms with van der Waals surface area (Å²) in [5.74, 6) is 0.716. The number of rotatable bonds is 10. The van der Waals surface area contributed by atoms with E-state index >= 15 is 0 Å². The molecule has 6 heteroatoms. The Morgan fingerprint density at radius 1 is 1.29 bits per heavy atom. The minimum atomic E-state index is -0.770. The molecule has 1 aliphatic rings. The third-order valence-electron chi connectivity index (χ3n) is 4.24. The normalized spacial score (nSPS) is 16.5. The van der Waals surface area contributed by atoms with Crippen LogP contribution in [-0.4, -0.2) is 42.9 Å². The summed E-state index contributed by atoms with van der Waals surface area (Å²) in [5.41, 5.74) is 0.629. The molecule has 134 valence electrons. The van der Waals surface area contributed by atoms with Crippen LogP contribution < -0.4 is 10.1 Å². The molecule has 1 aromatic heterocycles. The Hall–Kier alpha value is -1.66. The van der Waals surface area contributed by atoms with Crippen molar-refractivity contribution < 1.29 is 19.0 Å². The first-order valence-electron chi connectivity index (χ1n) is 8.64. The Morgan fingerprint density at radius 2 is 2.04 bits per heavy atom. The summed E-state index contributed by atoms with van der Waals surface area (Å²) < 4.78 is 16.5. The lowest BCUT2D eigenvalue weighted by molar-refractivity contribution is -0.141. The van der Waals surface area contributed by atoms with Gasteiger partial charge in [0.1, 0.15) is 12.2 Å². The van der Waals surface area contributed by atoms with Gasteiger partial charge in [-0.1, -0.05) is 0 Å². The Labute approximate surface area is 143 Å². The molecule has 1 atom stereocenters. The zero-order chi connectivity index (χ0) is 17.6. The van der Waals surface area contributed by atoms with Crippen molar-refractivity contribution in [1.82, 2.24) is 4.98 Å². The number of nitrogens with zero attached hydrogens (tertiary/aromatic N) is 1. The van der Waals surface area contributed by atoms with E-state index in [0.717, 1.165) is 12.8 Å². The van der Waals surface area contributed by atoms with Crippen LogP contribution in [0.4, 0.5) is 5.69 Å². The fourth-order valence-electron chi connectivity index (χ4n) is 2.65. The van der Waals surface area contributed by atoms with E-state index in [1.54, 1.807) is 6.07 Å². The van der Waals surface area contributed by atoms with Gasteiger partial charge < -0.3 is 19.5 Å². The van der Waals surface area contributed by atoms with Crippen LogP contribution in [0.1, 0.15) is 39.3 Å². The fourth-order valence-corrected chi connectivity index (χ4v) is 2.65. The maximum absolute atomic E-state index is 12.7. The molecule has 0 spiro atoms. The number of ether oxygens (including phenoxy) is 3. The Bertz CT molecular complexity index is 560. The number of aromatic nitrogens is 1. The molecule has 0 saturated heterocycles. The summed E-state index contributed by atoms with van der Waals surface area (Å²) >= 11 is 0. The summed E-state index contributed by atoms with van der Waals surface area (Å²) in [6.07, 6.45) is 2.07. The van der Waals surface area contributed by atoms with Gasteiger partial charge in [0.05, 0.1) is 18.0 Å². The maximum atomic E-state index is 12.7. The highest BCUT2D eigenvalue weighted by molar-refractivity contribution is 5.98. The summed E-state index contributed by atoms with van der Waals surface area (Å²) in [6, 6.07) is 3.57. The molecule has 0 aliphatic heterocycles. The van der Waals surface area contributed by atoms with Crippen molar-refractivity contribution in [3.63, 3.8) is 0 Å². The summed E-state index contributed by atoms with van der Waals surface area (Å²) in [7, 11) is 0. The summed E-state index contributed by atoms with van der Waals surface area (Å²) in [6.45, 7) is 9.74. The van der Waals surface area contributed by atoms with Gasteiger partial charge in [0, 0.05) is 19.3 Å². The molecule has 0 aromatic carbocycles. The number of carbonyl (C=O) groups excluding carboxylic acids is 1. The van der Waals surface area contributed by atoms with Gasteiger partial charge in [-0.05, 0) is 52.5 Å². The lowest BCUT2D eigenvalue weighted by atomic mass is 9.98. The number of aryl methyl sites for hydroxylation is 1. The van der Waals surface area contributed by atoms with Crippen molar-refractivity contribution in [2.45, 2.75) is 46.1 Å². The van der Waals surface area contributed by atoms with Crippen LogP contribution in [0.25, 0.3) is 0 Å². The van der Waals surface area contributed by atoms with Crippen molar-refractivity contribution >= 4 is 11.6 Å². The SMILES string of the molecule is CCOCCOc1ccc(NC(=O)[C@](C)(OCC)C2CC2)c(C)n1. The average molecular weight is 336 g/mol. The van der Waals surface area contributed by atoms with Crippen molar-refractivity contribution in [1.29, 1.82) is 0 Å². The van der Waals surface area contributed by atoms with E-state index in [1.165, 1.54) is 0 Å². The number of amides is 1. The first-order valence-corrected chi connectivity index (χ1v) is 8.64. The maximum Gasteiger partial charge on any atom is 0.256 e. The van der Waals surface area contributed by atoms with Crippen LogP contribution in [0.3, 0.4) is 0 Å². The molecule has 6 nitrogen and oxygen atoms in total. The summed E-state index contributed by atoms with van der Waals surface area (Å²) in [4.78, 5) is 17.1. The minimum absolute atomic E-state index is 0.109. The third-order valence-corrected chi connectivity index (χ3v) is 4.24. The van der Waals surface area contributed by atoms with Crippen LogP contribution in [0, 0.1) is 12.8 Å². The molecular formula is C18H28N2O4. The minimum Gasteiger partial charge on any atom is -0.475 e. The van der Waals surface area contributed by atoms with Gasteiger partial charge in [-0.2, -0.15) is 0 Å². The van der Waals surface area contributed by atoms with E-state index in [1.807, 2.05) is 33.8 Å². The van der Waals surface area contributed by atoms with Gasteiger partial charge in [-0.25, -0.2) is 4.98 Å². The number of nitrogens with one attached hydrogen (secondary N) is 1. The molecule has 24 heavy (non-hydrogen) atoms. The zero-order valence-corrected chi connectivity index (χ0v) is 15.1. The zero-order valence-electron chi connectivity index (χ0n) is 15.1. The van der Waals surface area contributed by atoms with Crippen molar-refractivity contribution in [3.8, 4) is 5.88 Å². The molecule has 0 bridgehead atoms. The molecule has 1 N–H and O–H groups in total. The molecule has 1 saturated carbocycles. The van der Waals surface area contributed by atoms with Crippen LogP contribution in [-0.2, 0) is 14.3 Å². The van der Waals surface area contributed by atoms with Gasteiger partial charge in [0.2, 0.25) is 5.88 Å². The number of hydrogen-bond acceptors (Lipinski definition) is 5. The van der Waals surface area contributed by atoms with Crippen LogP contribution >= 0.6 is 0 Å². The van der Waals surface area contributed by atoms with Crippen molar-refractivity contribution in [3.05, 3.63) is 17.8 Å². The topological polar surface area (TPSA) is 69.7 Å². The predicted octanol–water partition coefficient (Wildman–Crippen LogP) is 2.95. The molecular weight excluding hydrogens is 308 g/mol. The standard InChI is InChI=1S/C18H28N2O4/c1-5-22-11-12-23-16-10-9-15(13(3)19-16)20-17(21)18(4,24-6-2)14-7-8-14/h9-10,14H,5-8,11-12H2,1-4H3,(H,20,21)/t18-/m1/s1. The van der Waals surface area contributed by atoms with E-state index in [9.17, 15) is 4.79 Å². The van der Waals surface area contributed by atoms with E-state index in [4.69, 9.17) is 14.2 Å². The van der Waals surface area contributed by atoms with Gasteiger partial charge in [0.15, 0.2) is 0 Å². The van der Waals surface area contributed by atoms with Crippen LogP contribution in [0.15, 0.2) is 12.1 Å². The Morgan fingerprint density at radius 3 is 2.62 bits per heavy atom. The van der Waals surface area contributed by atoms with E-state index in [0.29, 0.717) is 49.6 Å². The molecule has 1 heterocycles. The van der Waals surface area contributed by atoms with E-state index in [2.05, 4.69) is 10.3 Å². The second-order valence-corrected chi connectivity index (χ2v) is 6.10. The van der Waals surface area contributed by atoms with Gasteiger partial charge in [0.25, 0.3) is 5.91 Å². The number of hydrogen-bond donors (Lipinski definition) is 1. The second kappa shape index (κ2) is 8.44. The Balaban J connectivity index is 1.97. The third kappa shape index (κ3) is 4.68. The highest BCUT2D eigenvalue weighted by Gasteiger charge is 2.48. The largest absolute Gasteiger partial charge is 0.475 e. The fraction of sp³-hybridized carbons (Fsp3) is 0.667. The Kier molecular flexibility index (Phi) is 6.57. The number of carbonyl (C=O) groups is 1. The molecule has 0 radical (unpaired) electrons. The first-order chi connectivity index (χ1) is 11.5. The molecule has 1 aliphatic carbocycles. The van der Waals surface area contributed by atoms with Crippen molar-refractivity contribution in [2.75, 3.05) is 31.7 Å². The van der Waals surface area contributed by atoms with E-state index < -0.39 is 5.60 Å². The predicted molar refractivity (Wildman–Crippen MR) is 92.3 cm³/mol. The van der Waals surface area contributed by atoms with Crippen molar-refractivity contribution in [2.24, 2.45) is 5.92 Å². The lowest BCUT2D eigenvalue weighted by Crippen LogP contribution is -2.45. The van der Waals surface area contributed by atoms with Gasteiger partial charge >= 0.3 is 0 Å². The number of anilines is 1. The molecule has 1 amide bonds. The smallest absolute Gasteiger partial charge is 0.256 e. The van der Waals surface area contributed by atoms with Gasteiger partial charge in [-0.3, -0.25) is 4.79 Å². The van der Waals surface area contributed by atoms with Gasteiger partial charge in [-0.15, -0.1) is 0 Å². The average Bonchev–Trinajstić information content (AvgIpc) is 3.39. The second-order valence-electron chi connectivity index (χ2n) is 6.10. The molecule has 1 fully saturated rings. The highest BCUT2D eigenvalue weighted by Crippen LogP contribution is 2.42. The lowest BCUT2D eigenvalue weighted by Gasteiger charge is -2.28. The van der Waals surface area contributed by atoms with Crippen LogP contribution in [0.5, 0.6) is 5.88 Å². The highest BCUT2D eigenvalue weighted by atomic mass is 16.5. The monoisotopic (exact) mass is 336 g/mol. The number of pyridine rings is 1. The van der Waals surface area contributed by atoms with E-state index in [-0.39, 0.29) is 5.91 Å². The first kappa shape index (κ1) is 18.7. The molecule has 0 unspecified atom stereocenters. The summed E-state index contributed by atoms with van der Waals surface area (Å²) in [5, 5.41) is 2.95. The molecule has 1 aromatic rings. The van der Waals surface area contributed by atoms with Crippen LogP contribution in [0.2, 0.25) is 0 Å². The quantitative estimate of drug-likeness (QED) is 0.665.